The van der Waals surface area contributed by atoms with Crippen LogP contribution in [0.15, 0.2) is 12.1 Å². The van der Waals surface area contributed by atoms with Gasteiger partial charge in [0.1, 0.15) is 0 Å². The standard InChI is InChI=1S/C13H23NOS/c1-4-6-11(3)15-10-13-8-7-12(16-13)9-14-5-2/h7-8,11,14H,4-6,9-10H2,1-3H3. The minimum atomic E-state index is 0.379. The van der Waals surface area contributed by atoms with E-state index in [2.05, 4.69) is 38.2 Å². The average molecular weight is 241 g/mol. The molecule has 1 heterocycles. The Bertz CT molecular complexity index is 285. The van der Waals surface area contributed by atoms with Crippen molar-refractivity contribution in [3.8, 4) is 0 Å². The molecule has 1 unspecified atom stereocenters. The molecule has 3 heteroatoms. The second-order valence-electron chi connectivity index (χ2n) is 4.06. The van der Waals surface area contributed by atoms with Crippen LogP contribution in [-0.4, -0.2) is 12.6 Å². The Balaban J connectivity index is 2.28. The summed E-state index contributed by atoms with van der Waals surface area (Å²) >= 11 is 1.85. The molecule has 0 spiro atoms. The lowest BCUT2D eigenvalue weighted by molar-refractivity contribution is 0.0488. The van der Waals surface area contributed by atoms with Crippen LogP contribution in [0.5, 0.6) is 0 Å². The molecule has 1 aromatic rings. The number of ether oxygens (including phenoxy) is 1. The van der Waals surface area contributed by atoms with E-state index in [1.165, 1.54) is 16.2 Å². The maximum atomic E-state index is 5.78. The van der Waals surface area contributed by atoms with Gasteiger partial charge in [-0.2, -0.15) is 0 Å². The Kier molecular flexibility index (Phi) is 6.69. The van der Waals surface area contributed by atoms with Crippen LogP contribution in [0.1, 0.15) is 43.4 Å². The van der Waals surface area contributed by atoms with Crippen LogP contribution in [0, 0.1) is 0 Å². The van der Waals surface area contributed by atoms with Gasteiger partial charge in [0.25, 0.3) is 0 Å². The maximum Gasteiger partial charge on any atom is 0.0813 e. The van der Waals surface area contributed by atoms with E-state index in [0.29, 0.717) is 6.10 Å². The van der Waals surface area contributed by atoms with Crippen molar-refractivity contribution >= 4 is 11.3 Å². The van der Waals surface area contributed by atoms with Crippen molar-refractivity contribution in [2.75, 3.05) is 6.54 Å². The summed E-state index contributed by atoms with van der Waals surface area (Å²) in [6.07, 6.45) is 2.72. The lowest BCUT2D eigenvalue weighted by atomic mass is 10.2. The van der Waals surface area contributed by atoms with E-state index in [1.807, 2.05) is 11.3 Å². The predicted molar refractivity (Wildman–Crippen MR) is 70.9 cm³/mol. The molecule has 0 saturated carbocycles. The van der Waals surface area contributed by atoms with E-state index in [0.717, 1.165) is 26.1 Å². The molecule has 0 fully saturated rings. The zero-order valence-corrected chi connectivity index (χ0v) is 11.4. The van der Waals surface area contributed by atoms with E-state index >= 15 is 0 Å². The van der Waals surface area contributed by atoms with Crippen LogP contribution in [-0.2, 0) is 17.9 Å². The molecule has 0 aliphatic carbocycles. The third-order valence-electron chi connectivity index (χ3n) is 2.47. The van der Waals surface area contributed by atoms with Gasteiger partial charge in [-0.05, 0) is 32.0 Å². The van der Waals surface area contributed by atoms with Gasteiger partial charge in [0.15, 0.2) is 0 Å². The Morgan fingerprint density at radius 3 is 2.75 bits per heavy atom. The molecule has 92 valence electrons. The predicted octanol–water partition coefficient (Wildman–Crippen LogP) is 3.56. The Morgan fingerprint density at radius 2 is 2.06 bits per heavy atom. The van der Waals surface area contributed by atoms with E-state index in [-0.39, 0.29) is 0 Å². The fourth-order valence-corrected chi connectivity index (χ4v) is 2.47. The molecule has 0 radical (unpaired) electrons. The molecule has 0 aliphatic heterocycles. The summed E-state index contributed by atoms with van der Waals surface area (Å²) in [4.78, 5) is 2.72. The minimum absolute atomic E-state index is 0.379. The summed E-state index contributed by atoms with van der Waals surface area (Å²) < 4.78 is 5.78. The van der Waals surface area contributed by atoms with Crippen LogP contribution in [0.25, 0.3) is 0 Å². The molecular formula is C13H23NOS. The highest BCUT2D eigenvalue weighted by molar-refractivity contribution is 7.11. The van der Waals surface area contributed by atoms with Gasteiger partial charge < -0.3 is 10.1 Å². The molecule has 1 N–H and O–H groups in total. The molecular weight excluding hydrogens is 218 g/mol. The Labute approximate surface area is 103 Å². The topological polar surface area (TPSA) is 21.3 Å². The van der Waals surface area contributed by atoms with E-state index in [4.69, 9.17) is 4.74 Å². The molecule has 0 amide bonds. The Morgan fingerprint density at radius 1 is 1.31 bits per heavy atom. The summed E-state index contributed by atoms with van der Waals surface area (Å²) in [6.45, 7) is 9.24. The highest BCUT2D eigenvalue weighted by Crippen LogP contribution is 2.18. The smallest absolute Gasteiger partial charge is 0.0813 e. The van der Waals surface area contributed by atoms with Gasteiger partial charge in [0, 0.05) is 16.3 Å². The summed E-state index contributed by atoms with van der Waals surface area (Å²) in [5, 5.41) is 3.33. The maximum absolute atomic E-state index is 5.78. The first-order chi connectivity index (χ1) is 7.76. The lowest BCUT2D eigenvalue weighted by Gasteiger charge is -2.10. The van der Waals surface area contributed by atoms with Crippen molar-refractivity contribution < 1.29 is 4.74 Å². The van der Waals surface area contributed by atoms with E-state index < -0.39 is 0 Å². The van der Waals surface area contributed by atoms with Crippen molar-refractivity contribution in [3.63, 3.8) is 0 Å². The number of rotatable bonds is 8. The molecule has 0 aromatic carbocycles. The molecule has 0 bridgehead atoms. The Hall–Kier alpha value is -0.380. The van der Waals surface area contributed by atoms with Gasteiger partial charge in [0.2, 0.25) is 0 Å². The molecule has 2 nitrogen and oxygen atoms in total. The fourth-order valence-electron chi connectivity index (χ4n) is 1.56. The van der Waals surface area contributed by atoms with Gasteiger partial charge in [0.05, 0.1) is 12.7 Å². The van der Waals surface area contributed by atoms with Crippen molar-refractivity contribution in [1.82, 2.24) is 5.32 Å². The summed E-state index contributed by atoms with van der Waals surface area (Å²) in [5.74, 6) is 0. The van der Waals surface area contributed by atoms with Gasteiger partial charge in [-0.3, -0.25) is 0 Å². The third-order valence-corrected chi connectivity index (χ3v) is 3.53. The van der Waals surface area contributed by atoms with Crippen LogP contribution in [0.2, 0.25) is 0 Å². The van der Waals surface area contributed by atoms with E-state index in [1.54, 1.807) is 0 Å². The average Bonchev–Trinajstić information content (AvgIpc) is 2.72. The van der Waals surface area contributed by atoms with Gasteiger partial charge >= 0.3 is 0 Å². The third kappa shape index (κ3) is 5.10. The fraction of sp³-hybridized carbons (Fsp3) is 0.692. The lowest BCUT2D eigenvalue weighted by Crippen LogP contribution is -2.10. The monoisotopic (exact) mass is 241 g/mol. The van der Waals surface area contributed by atoms with Crippen molar-refractivity contribution in [3.05, 3.63) is 21.9 Å². The van der Waals surface area contributed by atoms with Crippen LogP contribution in [0.3, 0.4) is 0 Å². The summed E-state index contributed by atoms with van der Waals surface area (Å²) in [5.41, 5.74) is 0. The van der Waals surface area contributed by atoms with Crippen molar-refractivity contribution in [2.24, 2.45) is 0 Å². The molecule has 1 atom stereocenters. The largest absolute Gasteiger partial charge is 0.373 e. The normalized spacial score (nSPS) is 12.9. The molecule has 1 rings (SSSR count). The molecule has 16 heavy (non-hydrogen) atoms. The number of thiophene rings is 1. The summed E-state index contributed by atoms with van der Waals surface area (Å²) in [6, 6.07) is 4.37. The van der Waals surface area contributed by atoms with Crippen LogP contribution in [0.4, 0.5) is 0 Å². The van der Waals surface area contributed by atoms with Crippen molar-refractivity contribution in [1.29, 1.82) is 0 Å². The van der Waals surface area contributed by atoms with Gasteiger partial charge in [-0.25, -0.2) is 0 Å². The first kappa shape index (κ1) is 13.7. The number of hydrogen-bond donors (Lipinski definition) is 1. The molecule has 1 aromatic heterocycles. The second kappa shape index (κ2) is 7.82. The SMILES string of the molecule is CCCC(C)OCc1ccc(CNCC)s1. The first-order valence-corrected chi connectivity index (χ1v) is 6.97. The first-order valence-electron chi connectivity index (χ1n) is 6.16. The van der Waals surface area contributed by atoms with Gasteiger partial charge in [-0.15, -0.1) is 11.3 Å². The minimum Gasteiger partial charge on any atom is -0.373 e. The highest BCUT2D eigenvalue weighted by atomic mass is 32.1. The second-order valence-corrected chi connectivity index (χ2v) is 5.31. The number of nitrogens with one attached hydrogen (secondary N) is 1. The van der Waals surface area contributed by atoms with Gasteiger partial charge in [-0.1, -0.05) is 20.3 Å². The van der Waals surface area contributed by atoms with Crippen molar-refractivity contribution in [2.45, 2.75) is 52.9 Å². The summed E-state index contributed by atoms with van der Waals surface area (Å²) in [7, 11) is 0. The molecule has 0 aliphatic rings. The molecule has 0 saturated heterocycles. The zero-order valence-electron chi connectivity index (χ0n) is 10.6. The quantitative estimate of drug-likeness (QED) is 0.751. The zero-order chi connectivity index (χ0) is 11.8. The van der Waals surface area contributed by atoms with Crippen LogP contribution >= 0.6 is 11.3 Å². The highest BCUT2D eigenvalue weighted by Gasteiger charge is 2.03. The number of hydrogen-bond acceptors (Lipinski definition) is 3. The van der Waals surface area contributed by atoms with E-state index in [9.17, 15) is 0 Å². The van der Waals surface area contributed by atoms with Crippen LogP contribution < -0.4 is 5.32 Å².